The highest BCUT2D eigenvalue weighted by Gasteiger charge is 2.17. The molecule has 0 bridgehead atoms. The quantitative estimate of drug-likeness (QED) is 0.878. The molecule has 1 aromatic carbocycles. The average molecular weight is 259 g/mol. The molecule has 1 aromatic rings. The summed E-state index contributed by atoms with van der Waals surface area (Å²) in [5.74, 6) is 0. The van der Waals surface area contributed by atoms with Gasteiger partial charge in [-0.2, -0.15) is 5.26 Å². The fourth-order valence-electron chi connectivity index (χ4n) is 2.45. The first kappa shape index (κ1) is 14.0. The molecule has 1 saturated heterocycles. The van der Waals surface area contributed by atoms with Gasteiger partial charge in [0.2, 0.25) is 0 Å². The molecule has 4 heteroatoms. The summed E-state index contributed by atoms with van der Waals surface area (Å²) in [6.45, 7) is 7.64. The molecule has 19 heavy (non-hydrogen) atoms. The first-order chi connectivity index (χ1) is 9.17. The number of aliphatic hydroxyl groups excluding tert-OH is 1. The Morgan fingerprint density at radius 1 is 1.16 bits per heavy atom. The van der Waals surface area contributed by atoms with E-state index in [1.807, 2.05) is 31.2 Å². The maximum absolute atomic E-state index is 9.37. The molecule has 102 valence electrons. The number of benzene rings is 1. The van der Waals surface area contributed by atoms with E-state index >= 15 is 0 Å². The van der Waals surface area contributed by atoms with Crippen molar-refractivity contribution >= 4 is 0 Å². The molecule has 4 nitrogen and oxygen atoms in total. The Bertz CT molecular complexity index is 428. The van der Waals surface area contributed by atoms with E-state index in [4.69, 9.17) is 5.26 Å². The van der Waals surface area contributed by atoms with Crippen LogP contribution < -0.4 is 0 Å². The summed E-state index contributed by atoms with van der Waals surface area (Å²) in [7, 11) is 0. The fraction of sp³-hybridized carbons (Fsp3) is 0.533. The van der Waals surface area contributed by atoms with Crippen LogP contribution in [0.4, 0.5) is 0 Å². The van der Waals surface area contributed by atoms with Gasteiger partial charge in [-0.25, -0.2) is 0 Å². The number of piperazine rings is 1. The third-order valence-corrected chi connectivity index (χ3v) is 3.48. The molecule has 0 aliphatic carbocycles. The Morgan fingerprint density at radius 2 is 1.74 bits per heavy atom. The zero-order valence-corrected chi connectivity index (χ0v) is 11.4. The molecule has 1 aliphatic rings. The molecule has 1 atom stereocenters. The zero-order valence-electron chi connectivity index (χ0n) is 11.4. The van der Waals surface area contributed by atoms with Crippen molar-refractivity contribution in [3.05, 3.63) is 35.4 Å². The summed E-state index contributed by atoms with van der Waals surface area (Å²) in [5, 5.41) is 18.1. The lowest BCUT2D eigenvalue weighted by molar-refractivity contribution is 0.0781. The highest BCUT2D eigenvalue weighted by atomic mass is 16.3. The van der Waals surface area contributed by atoms with E-state index < -0.39 is 0 Å². The number of hydrogen-bond donors (Lipinski definition) is 1. The molecular formula is C15H21N3O. The first-order valence-corrected chi connectivity index (χ1v) is 6.79. The summed E-state index contributed by atoms with van der Waals surface area (Å²) in [5.41, 5.74) is 1.97. The maximum Gasteiger partial charge on any atom is 0.0991 e. The molecule has 0 unspecified atom stereocenters. The second-order valence-corrected chi connectivity index (χ2v) is 5.23. The highest BCUT2D eigenvalue weighted by molar-refractivity contribution is 5.31. The van der Waals surface area contributed by atoms with Gasteiger partial charge in [0.15, 0.2) is 0 Å². The number of nitrogens with zero attached hydrogens (tertiary/aromatic N) is 3. The van der Waals surface area contributed by atoms with E-state index in [1.165, 1.54) is 5.56 Å². The smallest absolute Gasteiger partial charge is 0.0991 e. The van der Waals surface area contributed by atoms with Crippen LogP contribution in [0.5, 0.6) is 0 Å². The molecule has 0 aromatic heterocycles. The van der Waals surface area contributed by atoms with Crippen molar-refractivity contribution in [3.8, 4) is 6.07 Å². The van der Waals surface area contributed by atoms with Crippen LogP contribution in [-0.4, -0.2) is 53.7 Å². The van der Waals surface area contributed by atoms with Crippen molar-refractivity contribution in [2.24, 2.45) is 0 Å². The second-order valence-electron chi connectivity index (χ2n) is 5.23. The SMILES string of the molecule is C[C@@H](O)CN1CCN(Cc2ccc(C#N)cc2)CC1. The number of β-amino-alcohol motifs (C(OH)–C–C–N with tert-alkyl or cyclic N) is 1. The van der Waals surface area contributed by atoms with E-state index in [9.17, 15) is 5.11 Å². The van der Waals surface area contributed by atoms with Crippen molar-refractivity contribution < 1.29 is 5.11 Å². The van der Waals surface area contributed by atoms with Crippen molar-refractivity contribution in [3.63, 3.8) is 0 Å². The summed E-state index contributed by atoms with van der Waals surface area (Å²) >= 11 is 0. The molecule has 0 radical (unpaired) electrons. The van der Waals surface area contributed by atoms with E-state index in [2.05, 4.69) is 15.9 Å². The molecule has 0 saturated carbocycles. The van der Waals surface area contributed by atoms with Crippen LogP contribution in [0.25, 0.3) is 0 Å². The van der Waals surface area contributed by atoms with Gasteiger partial charge in [-0.15, -0.1) is 0 Å². The third kappa shape index (κ3) is 4.32. The van der Waals surface area contributed by atoms with Crippen molar-refractivity contribution in [2.75, 3.05) is 32.7 Å². The van der Waals surface area contributed by atoms with Crippen LogP contribution in [-0.2, 0) is 6.54 Å². The number of aliphatic hydroxyl groups is 1. The van der Waals surface area contributed by atoms with E-state index in [0.717, 1.165) is 39.3 Å². The Balaban J connectivity index is 1.80. The Morgan fingerprint density at radius 3 is 2.26 bits per heavy atom. The normalized spacial score (nSPS) is 19.0. The Labute approximate surface area is 114 Å². The minimum atomic E-state index is -0.245. The molecule has 0 amide bonds. The van der Waals surface area contributed by atoms with Gasteiger partial charge in [-0.3, -0.25) is 9.80 Å². The summed E-state index contributed by atoms with van der Waals surface area (Å²) < 4.78 is 0. The topological polar surface area (TPSA) is 50.5 Å². The lowest BCUT2D eigenvalue weighted by atomic mass is 10.1. The Kier molecular flexibility index (Phi) is 4.92. The molecule has 2 rings (SSSR count). The number of rotatable bonds is 4. The lowest BCUT2D eigenvalue weighted by Gasteiger charge is -2.35. The van der Waals surface area contributed by atoms with E-state index in [1.54, 1.807) is 0 Å². The van der Waals surface area contributed by atoms with Gasteiger partial charge in [0, 0.05) is 39.3 Å². The van der Waals surface area contributed by atoms with Crippen molar-refractivity contribution in [1.82, 2.24) is 9.80 Å². The fourth-order valence-corrected chi connectivity index (χ4v) is 2.45. The third-order valence-electron chi connectivity index (χ3n) is 3.48. The van der Waals surface area contributed by atoms with Crippen LogP contribution in [0.3, 0.4) is 0 Å². The predicted octanol–water partition coefficient (Wildman–Crippen LogP) is 1.06. The van der Waals surface area contributed by atoms with Crippen LogP contribution in [0.1, 0.15) is 18.1 Å². The van der Waals surface area contributed by atoms with Crippen LogP contribution in [0.15, 0.2) is 24.3 Å². The minimum absolute atomic E-state index is 0.245. The minimum Gasteiger partial charge on any atom is -0.392 e. The summed E-state index contributed by atoms with van der Waals surface area (Å²) in [6.07, 6.45) is -0.245. The molecule has 1 heterocycles. The molecule has 1 aliphatic heterocycles. The van der Waals surface area contributed by atoms with E-state index in [0.29, 0.717) is 5.56 Å². The van der Waals surface area contributed by atoms with Gasteiger partial charge >= 0.3 is 0 Å². The van der Waals surface area contributed by atoms with Crippen molar-refractivity contribution in [1.29, 1.82) is 5.26 Å². The monoisotopic (exact) mass is 259 g/mol. The second kappa shape index (κ2) is 6.67. The van der Waals surface area contributed by atoms with Gasteiger partial charge in [0.1, 0.15) is 0 Å². The molecule has 0 spiro atoms. The van der Waals surface area contributed by atoms with Gasteiger partial charge in [0.25, 0.3) is 0 Å². The van der Waals surface area contributed by atoms with Crippen molar-refractivity contribution in [2.45, 2.75) is 19.6 Å². The van der Waals surface area contributed by atoms with Gasteiger partial charge in [-0.1, -0.05) is 12.1 Å². The molecule has 1 N–H and O–H groups in total. The van der Waals surface area contributed by atoms with Crippen LogP contribution >= 0.6 is 0 Å². The molecular weight excluding hydrogens is 238 g/mol. The number of hydrogen-bond acceptors (Lipinski definition) is 4. The maximum atomic E-state index is 9.37. The Hall–Kier alpha value is -1.41. The van der Waals surface area contributed by atoms with Crippen LogP contribution in [0.2, 0.25) is 0 Å². The predicted molar refractivity (Wildman–Crippen MR) is 74.6 cm³/mol. The van der Waals surface area contributed by atoms with Gasteiger partial charge in [0.05, 0.1) is 17.7 Å². The standard InChI is InChI=1S/C15H21N3O/c1-13(19)11-17-6-8-18(9-7-17)12-15-4-2-14(10-16)3-5-15/h2-5,13,19H,6-9,11-12H2,1H3/t13-/m1/s1. The first-order valence-electron chi connectivity index (χ1n) is 6.79. The summed E-state index contributed by atoms with van der Waals surface area (Å²) in [4.78, 5) is 4.72. The lowest BCUT2D eigenvalue weighted by Crippen LogP contribution is -2.47. The zero-order chi connectivity index (χ0) is 13.7. The molecule has 1 fully saturated rings. The largest absolute Gasteiger partial charge is 0.392 e. The van der Waals surface area contributed by atoms with Crippen LogP contribution in [0, 0.1) is 11.3 Å². The summed E-state index contributed by atoms with van der Waals surface area (Å²) in [6, 6.07) is 9.94. The number of nitriles is 1. The average Bonchev–Trinajstić information content (AvgIpc) is 2.41. The van der Waals surface area contributed by atoms with Gasteiger partial charge in [-0.05, 0) is 24.6 Å². The highest BCUT2D eigenvalue weighted by Crippen LogP contribution is 2.10. The van der Waals surface area contributed by atoms with Gasteiger partial charge < -0.3 is 5.11 Å². The van der Waals surface area contributed by atoms with E-state index in [-0.39, 0.29) is 6.10 Å².